The van der Waals surface area contributed by atoms with Crippen LogP contribution in [0.1, 0.15) is 30.4 Å². The molecule has 1 N–H and O–H groups in total. The molecule has 1 amide bonds. The molecule has 154 valence electrons. The third-order valence-electron chi connectivity index (χ3n) is 6.00. The van der Waals surface area contributed by atoms with E-state index < -0.39 is 17.0 Å². The second-order valence-electron chi connectivity index (χ2n) is 7.98. The van der Waals surface area contributed by atoms with E-state index in [9.17, 15) is 18.7 Å². The number of nitrogens with zero attached hydrogens (tertiary/aromatic N) is 1. The van der Waals surface area contributed by atoms with Gasteiger partial charge in [-0.1, -0.05) is 29.8 Å². The van der Waals surface area contributed by atoms with Crippen molar-refractivity contribution in [1.29, 1.82) is 0 Å². The Bertz CT molecular complexity index is 913. The highest BCUT2D eigenvalue weighted by molar-refractivity contribution is 6.31. The van der Waals surface area contributed by atoms with E-state index in [4.69, 9.17) is 16.3 Å². The summed E-state index contributed by atoms with van der Waals surface area (Å²) in [5.41, 5.74) is -0.407. The number of hydrogen-bond donors (Lipinski definition) is 1. The predicted octanol–water partition coefficient (Wildman–Crippen LogP) is 3.83. The molecule has 2 saturated heterocycles. The molecule has 4 rings (SSSR count). The van der Waals surface area contributed by atoms with Gasteiger partial charge in [0.15, 0.2) is 0 Å². The molecule has 1 spiro atoms. The quantitative estimate of drug-likeness (QED) is 0.819. The van der Waals surface area contributed by atoms with E-state index in [1.165, 1.54) is 30.3 Å². The summed E-state index contributed by atoms with van der Waals surface area (Å²) in [4.78, 5) is 14.4. The maximum absolute atomic E-state index is 13.2. The molecule has 1 atom stereocenters. The van der Waals surface area contributed by atoms with E-state index >= 15 is 0 Å². The number of aliphatic hydroxyl groups is 1. The first-order valence-electron chi connectivity index (χ1n) is 9.63. The van der Waals surface area contributed by atoms with Crippen LogP contribution in [0.5, 0.6) is 0 Å². The van der Waals surface area contributed by atoms with Gasteiger partial charge in [0.25, 0.3) is 0 Å². The van der Waals surface area contributed by atoms with Crippen LogP contribution in [0, 0.1) is 11.6 Å². The third-order valence-corrected chi connectivity index (χ3v) is 6.35. The Morgan fingerprint density at radius 2 is 1.76 bits per heavy atom. The Morgan fingerprint density at radius 3 is 2.41 bits per heavy atom. The molecule has 2 aromatic rings. The minimum absolute atomic E-state index is 0.0693. The maximum Gasteiger partial charge on any atom is 0.227 e. The second-order valence-corrected chi connectivity index (χ2v) is 8.39. The number of rotatable bonds is 3. The summed E-state index contributed by atoms with van der Waals surface area (Å²) in [6, 6.07) is 9.87. The first kappa shape index (κ1) is 20.3. The molecule has 0 saturated carbocycles. The largest absolute Gasteiger partial charge is 0.383 e. The highest BCUT2D eigenvalue weighted by Crippen LogP contribution is 2.45. The molecule has 2 aliphatic rings. The lowest BCUT2D eigenvalue weighted by Crippen LogP contribution is -2.47. The number of carbonyl (C=O) groups excluding carboxylic acids is 1. The Morgan fingerprint density at radius 1 is 1.10 bits per heavy atom. The smallest absolute Gasteiger partial charge is 0.227 e. The fourth-order valence-electron chi connectivity index (χ4n) is 4.28. The van der Waals surface area contributed by atoms with Gasteiger partial charge < -0.3 is 14.7 Å². The number of hydrogen-bond acceptors (Lipinski definition) is 3. The number of ether oxygens (including phenoxy) is 1. The van der Waals surface area contributed by atoms with E-state index in [1.807, 2.05) is 0 Å². The van der Waals surface area contributed by atoms with Gasteiger partial charge in [-0.2, -0.15) is 0 Å². The van der Waals surface area contributed by atoms with Crippen LogP contribution < -0.4 is 0 Å². The Balaban J connectivity index is 1.38. The van der Waals surface area contributed by atoms with Crippen LogP contribution in [0.4, 0.5) is 8.78 Å². The number of halogens is 3. The Kier molecular flexibility index (Phi) is 5.36. The summed E-state index contributed by atoms with van der Waals surface area (Å²) < 4.78 is 32.4. The molecule has 2 aromatic carbocycles. The summed E-state index contributed by atoms with van der Waals surface area (Å²) in [5.74, 6) is -0.850. The van der Waals surface area contributed by atoms with Crippen LogP contribution in [0.2, 0.25) is 5.02 Å². The van der Waals surface area contributed by atoms with Gasteiger partial charge in [0, 0.05) is 24.5 Å². The number of carbonyl (C=O) groups is 1. The van der Waals surface area contributed by atoms with E-state index in [-0.39, 0.29) is 29.8 Å². The molecular weight excluding hydrogens is 400 g/mol. The monoisotopic (exact) mass is 421 g/mol. The number of amides is 1. The van der Waals surface area contributed by atoms with Gasteiger partial charge in [0.2, 0.25) is 5.91 Å². The summed E-state index contributed by atoms with van der Waals surface area (Å²) in [6.45, 7) is 1.17. The average molecular weight is 422 g/mol. The molecule has 0 bridgehead atoms. The van der Waals surface area contributed by atoms with E-state index in [0.717, 1.165) is 0 Å². The minimum atomic E-state index is -1.15. The second kappa shape index (κ2) is 7.67. The molecule has 4 nitrogen and oxygen atoms in total. The van der Waals surface area contributed by atoms with Crippen molar-refractivity contribution < 1.29 is 23.4 Å². The molecular formula is C22H22ClF2NO3. The zero-order valence-electron chi connectivity index (χ0n) is 15.8. The molecule has 2 aliphatic heterocycles. The van der Waals surface area contributed by atoms with Gasteiger partial charge in [-0.3, -0.25) is 4.79 Å². The maximum atomic E-state index is 13.2. The van der Waals surface area contributed by atoms with Gasteiger partial charge in [-0.05, 0) is 48.2 Å². The normalized spacial score (nSPS) is 23.5. The predicted molar refractivity (Wildman–Crippen MR) is 105 cm³/mol. The number of benzene rings is 2. The molecule has 1 unspecified atom stereocenters. The third kappa shape index (κ3) is 4.15. The Labute approximate surface area is 173 Å². The number of piperidine rings is 1. The van der Waals surface area contributed by atoms with Crippen LogP contribution in [-0.4, -0.2) is 41.2 Å². The molecule has 7 heteroatoms. The van der Waals surface area contributed by atoms with Gasteiger partial charge in [0.05, 0.1) is 18.6 Å². The van der Waals surface area contributed by atoms with Crippen molar-refractivity contribution in [2.24, 2.45) is 0 Å². The summed E-state index contributed by atoms with van der Waals surface area (Å²) in [6.07, 6.45) is 1.75. The van der Waals surface area contributed by atoms with E-state index in [1.54, 1.807) is 17.0 Å². The van der Waals surface area contributed by atoms with Gasteiger partial charge in [0.1, 0.15) is 17.2 Å². The fourth-order valence-corrected chi connectivity index (χ4v) is 4.51. The lowest BCUT2D eigenvalue weighted by Gasteiger charge is -2.39. The number of likely N-dealkylation sites (tertiary alicyclic amines) is 1. The van der Waals surface area contributed by atoms with E-state index in [2.05, 4.69) is 0 Å². The first-order valence-corrected chi connectivity index (χ1v) is 10.0. The standard InChI is InChI=1S/C22H22ClF2NO3/c23-19-12-18(25)4-1-15(19)11-20(27)26-9-7-21(8-10-26)13-22(28,14-29-21)16-2-5-17(24)6-3-16/h1-6,12,28H,7-11,13-14H2. The molecule has 0 aromatic heterocycles. The average Bonchev–Trinajstić information content (AvgIpc) is 3.02. The zero-order chi connectivity index (χ0) is 20.6. The highest BCUT2D eigenvalue weighted by atomic mass is 35.5. The van der Waals surface area contributed by atoms with Gasteiger partial charge >= 0.3 is 0 Å². The topological polar surface area (TPSA) is 49.8 Å². The van der Waals surface area contributed by atoms with Crippen molar-refractivity contribution in [2.75, 3.05) is 19.7 Å². The molecule has 2 heterocycles. The summed E-state index contributed by atoms with van der Waals surface area (Å²) in [5, 5.41) is 11.3. The summed E-state index contributed by atoms with van der Waals surface area (Å²) in [7, 11) is 0. The van der Waals surface area contributed by atoms with Crippen molar-refractivity contribution in [3.05, 3.63) is 70.2 Å². The first-order chi connectivity index (χ1) is 13.8. The lowest BCUT2D eigenvalue weighted by atomic mass is 9.80. The SMILES string of the molecule is O=C(Cc1ccc(F)cc1Cl)N1CCC2(CC1)CC(O)(c1ccc(F)cc1)CO2. The fraction of sp³-hybridized carbons (Fsp3) is 0.409. The molecule has 0 aliphatic carbocycles. The van der Waals surface area contributed by atoms with E-state index in [0.29, 0.717) is 43.5 Å². The van der Waals surface area contributed by atoms with Gasteiger partial charge in [-0.15, -0.1) is 0 Å². The molecule has 0 radical (unpaired) electrons. The zero-order valence-corrected chi connectivity index (χ0v) is 16.6. The van der Waals surface area contributed by atoms with Crippen LogP contribution >= 0.6 is 11.6 Å². The van der Waals surface area contributed by atoms with Crippen molar-refractivity contribution in [2.45, 2.75) is 36.9 Å². The van der Waals surface area contributed by atoms with Crippen molar-refractivity contribution in [3.8, 4) is 0 Å². The van der Waals surface area contributed by atoms with Crippen LogP contribution in [0.3, 0.4) is 0 Å². The minimum Gasteiger partial charge on any atom is -0.383 e. The summed E-state index contributed by atoms with van der Waals surface area (Å²) >= 11 is 6.03. The van der Waals surface area contributed by atoms with Crippen molar-refractivity contribution >= 4 is 17.5 Å². The highest BCUT2D eigenvalue weighted by Gasteiger charge is 2.50. The molecule has 2 fully saturated rings. The van der Waals surface area contributed by atoms with Crippen molar-refractivity contribution in [1.82, 2.24) is 4.90 Å². The molecule has 29 heavy (non-hydrogen) atoms. The van der Waals surface area contributed by atoms with Gasteiger partial charge in [-0.25, -0.2) is 8.78 Å². The lowest BCUT2D eigenvalue weighted by molar-refractivity contribution is -0.135. The Hall–Kier alpha value is -2.02. The van der Waals surface area contributed by atoms with Crippen molar-refractivity contribution in [3.63, 3.8) is 0 Å². The van der Waals surface area contributed by atoms with Crippen LogP contribution in [0.25, 0.3) is 0 Å². The van der Waals surface area contributed by atoms with Crippen LogP contribution in [0.15, 0.2) is 42.5 Å². The van der Waals surface area contributed by atoms with Crippen LogP contribution in [-0.2, 0) is 21.6 Å².